The molecule has 0 radical (unpaired) electrons. The fourth-order valence-electron chi connectivity index (χ4n) is 1.32. The molecule has 1 rings (SSSR count). The summed E-state index contributed by atoms with van der Waals surface area (Å²) in [6, 6.07) is 0.873. The fourth-order valence-corrected chi connectivity index (χ4v) is 1.81. The maximum absolute atomic E-state index is 4.29. The molecular weight excluding hydrogens is 256 g/mol. The number of aromatic nitrogens is 3. The van der Waals surface area contributed by atoms with Crippen molar-refractivity contribution in [2.45, 2.75) is 39.4 Å². The Morgan fingerprint density at radius 2 is 2.13 bits per heavy atom. The van der Waals surface area contributed by atoms with Gasteiger partial charge in [-0.15, -0.1) is 0 Å². The highest BCUT2D eigenvalue weighted by atomic mass is 79.9. The van der Waals surface area contributed by atoms with E-state index in [2.05, 4.69) is 58.7 Å². The minimum absolute atomic E-state index is 0.371. The highest BCUT2D eigenvalue weighted by Gasteiger charge is 2.13. The molecule has 5 heteroatoms. The summed E-state index contributed by atoms with van der Waals surface area (Å²) in [6.45, 7) is 7.26. The van der Waals surface area contributed by atoms with Gasteiger partial charge in [0.1, 0.15) is 12.2 Å². The normalized spacial score (nSPS) is 13.8. The molecule has 15 heavy (non-hydrogen) atoms. The molecule has 0 saturated carbocycles. The standard InChI is InChI=1S/C10H19BrN4/c1-8(2)15-10(12-7-13-15)6-14(4)9(3)5-11/h7-9H,5-6H2,1-4H3. The number of halogens is 1. The maximum atomic E-state index is 4.29. The predicted octanol–water partition coefficient (Wildman–Crippen LogP) is 2.07. The highest BCUT2D eigenvalue weighted by molar-refractivity contribution is 9.09. The Morgan fingerprint density at radius 3 is 2.67 bits per heavy atom. The van der Waals surface area contributed by atoms with Crippen molar-refractivity contribution >= 4 is 15.9 Å². The van der Waals surface area contributed by atoms with Gasteiger partial charge in [0.15, 0.2) is 0 Å². The van der Waals surface area contributed by atoms with Gasteiger partial charge in [-0.2, -0.15) is 5.10 Å². The van der Waals surface area contributed by atoms with Crippen LogP contribution in [0.1, 0.15) is 32.6 Å². The number of nitrogens with zero attached hydrogens (tertiary/aromatic N) is 4. The zero-order chi connectivity index (χ0) is 11.4. The van der Waals surface area contributed by atoms with Crippen LogP contribution in [-0.2, 0) is 6.54 Å². The molecule has 4 nitrogen and oxygen atoms in total. The second-order valence-electron chi connectivity index (χ2n) is 4.13. The smallest absolute Gasteiger partial charge is 0.141 e. The third-order valence-electron chi connectivity index (χ3n) is 2.50. The van der Waals surface area contributed by atoms with E-state index in [0.717, 1.165) is 17.7 Å². The summed E-state index contributed by atoms with van der Waals surface area (Å²) in [5.41, 5.74) is 0. The molecule has 0 spiro atoms. The molecule has 86 valence electrons. The third kappa shape index (κ3) is 3.28. The van der Waals surface area contributed by atoms with E-state index in [1.54, 1.807) is 6.33 Å². The lowest BCUT2D eigenvalue weighted by Gasteiger charge is -2.22. The van der Waals surface area contributed by atoms with E-state index in [1.165, 1.54) is 0 Å². The van der Waals surface area contributed by atoms with Crippen LogP contribution in [0, 0.1) is 0 Å². The maximum Gasteiger partial charge on any atom is 0.141 e. The Bertz CT molecular complexity index is 297. The van der Waals surface area contributed by atoms with Gasteiger partial charge in [-0.3, -0.25) is 4.90 Å². The van der Waals surface area contributed by atoms with Gasteiger partial charge in [-0.05, 0) is 27.8 Å². The van der Waals surface area contributed by atoms with Crippen molar-refractivity contribution in [1.82, 2.24) is 19.7 Å². The average molecular weight is 275 g/mol. The number of alkyl halides is 1. The quantitative estimate of drug-likeness (QED) is 0.771. The topological polar surface area (TPSA) is 34.0 Å². The van der Waals surface area contributed by atoms with Crippen molar-refractivity contribution in [2.75, 3.05) is 12.4 Å². The molecule has 1 aromatic rings. The SMILES string of the molecule is CC(CBr)N(C)Cc1ncnn1C(C)C. The molecule has 1 aromatic heterocycles. The molecule has 0 aliphatic heterocycles. The molecule has 0 amide bonds. The Labute approximate surface area is 99.8 Å². The molecule has 0 aliphatic carbocycles. The van der Waals surface area contributed by atoms with E-state index in [4.69, 9.17) is 0 Å². The van der Waals surface area contributed by atoms with Gasteiger partial charge in [-0.1, -0.05) is 15.9 Å². The highest BCUT2D eigenvalue weighted by Crippen LogP contribution is 2.09. The van der Waals surface area contributed by atoms with Crippen molar-refractivity contribution in [2.24, 2.45) is 0 Å². The summed E-state index contributed by atoms with van der Waals surface area (Å²) in [4.78, 5) is 6.55. The Morgan fingerprint density at radius 1 is 1.47 bits per heavy atom. The Hall–Kier alpha value is -0.420. The van der Waals surface area contributed by atoms with Gasteiger partial charge in [-0.25, -0.2) is 9.67 Å². The monoisotopic (exact) mass is 274 g/mol. The summed E-state index contributed by atoms with van der Waals surface area (Å²) < 4.78 is 1.97. The van der Waals surface area contributed by atoms with Crippen LogP contribution in [0.2, 0.25) is 0 Å². The zero-order valence-electron chi connectivity index (χ0n) is 9.81. The molecule has 0 bridgehead atoms. The summed E-state index contributed by atoms with van der Waals surface area (Å²) >= 11 is 3.48. The molecule has 0 aromatic carbocycles. The molecule has 0 fully saturated rings. The van der Waals surface area contributed by atoms with Crippen molar-refractivity contribution in [3.8, 4) is 0 Å². The van der Waals surface area contributed by atoms with Crippen LogP contribution in [-0.4, -0.2) is 38.1 Å². The van der Waals surface area contributed by atoms with Crippen LogP contribution < -0.4 is 0 Å². The van der Waals surface area contributed by atoms with Crippen molar-refractivity contribution in [1.29, 1.82) is 0 Å². The van der Waals surface area contributed by atoms with Gasteiger partial charge in [0.05, 0.1) is 6.54 Å². The van der Waals surface area contributed by atoms with Crippen molar-refractivity contribution in [3.05, 3.63) is 12.2 Å². The second kappa shape index (κ2) is 5.61. The first kappa shape index (κ1) is 12.6. The Balaban J connectivity index is 2.67. The van der Waals surface area contributed by atoms with E-state index in [-0.39, 0.29) is 0 Å². The summed E-state index contributed by atoms with van der Waals surface area (Å²) in [6.07, 6.45) is 1.63. The first-order valence-electron chi connectivity index (χ1n) is 5.20. The minimum Gasteiger partial charge on any atom is -0.295 e. The molecule has 1 heterocycles. The van der Waals surface area contributed by atoms with Gasteiger partial charge in [0.25, 0.3) is 0 Å². The average Bonchev–Trinajstić information content (AvgIpc) is 2.64. The molecule has 0 N–H and O–H groups in total. The fraction of sp³-hybridized carbons (Fsp3) is 0.800. The van der Waals surface area contributed by atoms with Crippen molar-refractivity contribution < 1.29 is 0 Å². The van der Waals surface area contributed by atoms with Crippen LogP contribution in [0.4, 0.5) is 0 Å². The van der Waals surface area contributed by atoms with Crippen LogP contribution in [0.3, 0.4) is 0 Å². The second-order valence-corrected chi connectivity index (χ2v) is 4.78. The minimum atomic E-state index is 0.371. The number of hydrogen-bond donors (Lipinski definition) is 0. The van der Waals surface area contributed by atoms with Crippen LogP contribution in [0.25, 0.3) is 0 Å². The molecular formula is C10H19BrN4. The molecule has 0 saturated heterocycles. The summed E-state index contributed by atoms with van der Waals surface area (Å²) in [5.74, 6) is 1.03. The summed E-state index contributed by atoms with van der Waals surface area (Å²) in [7, 11) is 2.10. The molecule has 0 aliphatic rings. The van der Waals surface area contributed by atoms with Gasteiger partial charge in [0, 0.05) is 17.4 Å². The van der Waals surface area contributed by atoms with E-state index in [9.17, 15) is 0 Å². The predicted molar refractivity (Wildman–Crippen MR) is 65.1 cm³/mol. The van der Waals surface area contributed by atoms with Gasteiger partial charge < -0.3 is 0 Å². The lowest BCUT2D eigenvalue weighted by molar-refractivity contribution is 0.256. The first-order valence-corrected chi connectivity index (χ1v) is 6.33. The lowest BCUT2D eigenvalue weighted by Crippen LogP contribution is -2.31. The van der Waals surface area contributed by atoms with Crippen LogP contribution in [0.15, 0.2) is 6.33 Å². The van der Waals surface area contributed by atoms with E-state index < -0.39 is 0 Å². The first-order chi connectivity index (χ1) is 7.06. The summed E-state index contributed by atoms with van der Waals surface area (Å²) in [5, 5.41) is 5.19. The van der Waals surface area contributed by atoms with Crippen molar-refractivity contribution in [3.63, 3.8) is 0 Å². The zero-order valence-corrected chi connectivity index (χ0v) is 11.4. The third-order valence-corrected chi connectivity index (χ3v) is 3.44. The van der Waals surface area contributed by atoms with E-state index >= 15 is 0 Å². The van der Waals surface area contributed by atoms with Gasteiger partial charge in [0.2, 0.25) is 0 Å². The van der Waals surface area contributed by atoms with E-state index in [1.807, 2.05) is 4.68 Å². The van der Waals surface area contributed by atoms with Crippen LogP contribution in [0.5, 0.6) is 0 Å². The largest absolute Gasteiger partial charge is 0.295 e. The molecule has 1 atom stereocenters. The lowest BCUT2D eigenvalue weighted by atomic mass is 10.3. The Kier molecular flexibility index (Phi) is 4.73. The number of hydrogen-bond acceptors (Lipinski definition) is 3. The number of rotatable bonds is 5. The van der Waals surface area contributed by atoms with E-state index in [0.29, 0.717) is 12.1 Å². The van der Waals surface area contributed by atoms with Crippen LogP contribution >= 0.6 is 15.9 Å². The van der Waals surface area contributed by atoms with Gasteiger partial charge >= 0.3 is 0 Å². The molecule has 1 unspecified atom stereocenters.